The van der Waals surface area contributed by atoms with Crippen LogP contribution in [0, 0.1) is 0 Å². The second-order valence-electron chi connectivity index (χ2n) is 8.11. The number of carboxylic acid groups (broad SMARTS) is 1. The van der Waals surface area contributed by atoms with Gasteiger partial charge in [0.1, 0.15) is 11.6 Å². The van der Waals surface area contributed by atoms with Crippen molar-refractivity contribution in [1.29, 1.82) is 0 Å². The van der Waals surface area contributed by atoms with Crippen molar-refractivity contribution in [2.45, 2.75) is 50.2 Å². The lowest BCUT2D eigenvalue weighted by molar-refractivity contribution is -0.139. The number of carbonyl (C=O) groups is 2. The monoisotopic (exact) mass is 482 g/mol. The number of alkyl carbamates (subject to hydrolysis) is 1. The van der Waals surface area contributed by atoms with Crippen LogP contribution in [0.15, 0.2) is 53.4 Å². The molecule has 2 aromatic rings. The molecule has 0 aliphatic heterocycles. The van der Waals surface area contributed by atoms with Crippen LogP contribution in [0.2, 0.25) is 5.02 Å². The molecule has 32 heavy (non-hydrogen) atoms. The molecule has 0 radical (unpaired) electrons. The zero-order chi connectivity index (χ0) is 23.9. The summed E-state index contributed by atoms with van der Waals surface area (Å²) < 4.78 is 32.6. The SMILES string of the molecule is CC(C)(C)OC(=O)NCCC[C@@H](NS(=O)(=O)c1ccc(-c2ccc(Cl)cc2)cc1)C(=O)O. The van der Waals surface area contributed by atoms with Gasteiger partial charge in [0, 0.05) is 11.6 Å². The van der Waals surface area contributed by atoms with E-state index in [4.69, 9.17) is 16.3 Å². The van der Waals surface area contributed by atoms with E-state index in [1.54, 1.807) is 45.0 Å². The van der Waals surface area contributed by atoms with Gasteiger partial charge >= 0.3 is 12.1 Å². The number of sulfonamides is 1. The first kappa shape index (κ1) is 25.6. The summed E-state index contributed by atoms with van der Waals surface area (Å²) in [5.74, 6) is -1.30. The van der Waals surface area contributed by atoms with E-state index in [0.717, 1.165) is 11.1 Å². The van der Waals surface area contributed by atoms with Crippen molar-refractivity contribution in [3.63, 3.8) is 0 Å². The highest BCUT2D eigenvalue weighted by atomic mass is 35.5. The molecule has 174 valence electrons. The number of benzene rings is 2. The minimum absolute atomic E-state index is 0.00673. The van der Waals surface area contributed by atoms with E-state index in [-0.39, 0.29) is 24.3 Å². The van der Waals surface area contributed by atoms with E-state index in [2.05, 4.69) is 10.0 Å². The first-order chi connectivity index (χ1) is 14.9. The summed E-state index contributed by atoms with van der Waals surface area (Å²) in [5, 5.41) is 12.5. The molecule has 8 nitrogen and oxygen atoms in total. The number of amides is 1. The van der Waals surface area contributed by atoms with Crippen LogP contribution in [0.1, 0.15) is 33.6 Å². The van der Waals surface area contributed by atoms with Crippen LogP contribution in [0.3, 0.4) is 0 Å². The van der Waals surface area contributed by atoms with Gasteiger partial charge in [0.2, 0.25) is 10.0 Å². The number of ether oxygens (including phenoxy) is 1. The summed E-state index contributed by atoms with van der Waals surface area (Å²) in [6.07, 6.45) is -0.382. The first-order valence-corrected chi connectivity index (χ1v) is 11.8. The minimum atomic E-state index is -4.05. The smallest absolute Gasteiger partial charge is 0.407 e. The van der Waals surface area contributed by atoms with Gasteiger partial charge in [0.15, 0.2) is 0 Å². The Labute approximate surface area is 193 Å². The zero-order valence-corrected chi connectivity index (χ0v) is 19.7. The van der Waals surface area contributed by atoms with Gasteiger partial charge in [-0.05, 0) is 69.0 Å². The average molecular weight is 483 g/mol. The summed E-state index contributed by atoms with van der Waals surface area (Å²) in [6, 6.07) is 11.9. The first-order valence-electron chi connectivity index (χ1n) is 9.95. The van der Waals surface area contributed by atoms with Gasteiger partial charge in [-0.15, -0.1) is 0 Å². The average Bonchev–Trinajstić information content (AvgIpc) is 2.69. The normalized spacial score (nSPS) is 12.8. The summed E-state index contributed by atoms with van der Waals surface area (Å²) in [6.45, 7) is 5.33. The Hall–Kier alpha value is -2.62. The molecule has 0 heterocycles. The zero-order valence-electron chi connectivity index (χ0n) is 18.1. The van der Waals surface area contributed by atoms with Crippen molar-refractivity contribution in [3.05, 3.63) is 53.6 Å². The minimum Gasteiger partial charge on any atom is -0.480 e. The summed E-state index contributed by atoms with van der Waals surface area (Å²) >= 11 is 5.88. The van der Waals surface area contributed by atoms with E-state index in [1.807, 2.05) is 12.1 Å². The molecule has 1 atom stereocenters. The molecule has 2 rings (SSSR count). The van der Waals surface area contributed by atoms with Crippen LogP contribution in [-0.4, -0.2) is 43.8 Å². The molecule has 0 spiro atoms. The highest BCUT2D eigenvalue weighted by molar-refractivity contribution is 7.89. The van der Waals surface area contributed by atoms with Crippen LogP contribution < -0.4 is 10.0 Å². The van der Waals surface area contributed by atoms with Gasteiger partial charge in [-0.1, -0.05) is 35.9 Å². The number of carboxylic acids is 1. The molecule has 0 unspecified atom stereocenters. The topological polar surface area (TPSA) is 122 Å². The molecule has 0 bridgehead atoms. The number of hydrogen-bond acceptors (Lipinski definition) is 5. The van der Waals surface area contributed by atoms with Crippen LogP contribution in [0.5, 0.6) is 0 Å². The van der Waals surface area contributed by atoms with Gasteiger partial charge in [0.25, 0.3) is 0 Å². The molecule has 0 saturated heterocycles. The van der Waals surface area contributed by atoms with Crippen molar-refractivity contribution in [2.24, 2.45) is 0 Å². The van der Waals surface area contributed by atoms with E-state index in [9.17, 15) is 23.1 Å². The van der Waals surface area contributed by atoms with Crippen LogP contribution in [0.25, 0.3) is 11.1 Å². The fourth-order valence-corrected chi connectivity index (χ4v) is 4.12. The van der Waals surface area contributed by atoms with Gasteiger partial charge in [-0.2, -0.15) is 4.72 Å². The number of aliphatic carboxylic acids is 1. The molecule has 0 aliphatic carbocycles. The Bertz CT molecular complexity index is 1030. The third-order valence-electron chi connectivity index (χ3n) is 4.28. The van der Waals surface area contributed by atoms with Gasteiger partial charge < -0.3 is 15.2 Å². The maximum Gasteiger partial charge on any atom is 0.407 e. The Morgan fingerprint density at radius 2 is 1.56 bits per heavy atom. The molecule has 10 heteroatoms. The summed E-state index contributed by atoms with van der Waals surface area (Å²) in [7, 11) is -4.05. The molecule has 2 aromatic carbocycles. The third-order valence-corrected chi connectivity index (χ3v) is 6.02. The highest BCUT2D eigenvalue weighted by Crippen LogP contribution is 2.23. The Kier molecular flexibility index (Phi) is 8.65. The molecular formula is C22H27ClN2O6S. The second kappa shape index (κ2) is 10.8. The predicted molar refractivity (Wildman–Crippen MR) is 122 cm³/mol. The van der Waals surface area contributed by atoms with E-state index in [0.29, 0.717) is 5.02 Å². The molecule has 0 fully saturated rings. The summed E-state index contributed by atoms with van der Waals surface area (Å²) in [5.41, 5.74) is 1.02. The van der Waals surface area contributed by atoms with Crippen LogP contribution in [0.4, 0.5) is 4.79 Å². The van der Waals surface area contributed by atoms with Crippen LogP contribution in [-0.2, 0) is 19.6 Å². The quantitative estimate of drug-likeness (QED) is 0.463. The van der Waals surface area contributed by atoms with Crippen molar-refractivity contribution < 1.29 is 27.9 Å². The molecular weight excluding hydrogens is 456 g/mol. The van der Waals surface area contributed by atoms with E-state index < -0.39 is 33.7 Å². The van der Waals surface area contributed by atoms with Crippen molar-refractivity contribution in [2.75, 3.05) is 6.54 Å². The molecule has 1 amide bonds. The van der Waals surface area contributed by atoms with E-state index in [1.165, 1.54) is 12.1 Å². The van der Waals surface area contributed by atoms with Crippen LogP contribution >= 0.6 is 11.6 Å². The fraction of sp³-hybridized carbons (Fsp3) is 0.364. The molecule has 0 aromatic heterocycles. The lowest BCUT2D eigenvalue weighted by atomic mass is 10.1. The number of nitrogens with one attached hydrogen (secondary N) is 2. The lowest BCUT2D eigenvalue weighted by Gasteiger charge is -2.20. The highest BCUT2D eigenvalue weighted by Gasteiger charge is 2.25. The van der Waals surface area contributed by atoms with Gasteiger partial charge in [0.05, 0.1) is 4.90 Å². The Morgan fingerprint density at radius 3 is 2.06 bits per heavy atom. The molecule has 0 aliphatic rings. The Balaban J connectivity index is 1.97. The molecule has 3 N–H and O–H groups in total. The number of carbonyl (C=O) groups excluding carboxylic acids is 1. The number of hydrogen-bond donors (Lipinski definition) is 3. The number of rotatable bonds is 9. The predicted octanol–water partition coefficient (Wildman–Crippen LogP) is 4.04. The van der Waals surface area contributed by atoms with Gasteiger partial charge in [-0.25, -0.2) is 13.2 Å². The van der Waals surface area contributed by atoms with Crippen molar-refractivity contribution >= 4 is 33.7 Å². The largest absolute Gasteiger partial charge is 0.480 e. The maximum atomic E-state index is 12.7. The third kappa shape index (κ3) is 8.14. The standard InChI is InChI=1S/C22H27ClN2O6S/c1-22(2,3)31-21(28)24-14-4-5-19(20(26)27)25-32(29,30)18-12-8-16(9-13-18)15-6-10-17(23)11-7-15/h6-13,19,25H,4-5,14H2,1-3H3,(H,24,28)(H,26,27)/t19-/m1/s1. The van der Waals surface area contributed by atoms with Crippen molar-refractivity contribution in [3.8, 4) is 11.1 Å². The Morgan fingerprint density at radius 1 is 1.03 bits per heavy atom. The fourth-order valence-electron chi connectivity index (χ4n) is 2.77. The molecule has 0 saturated carbocycles. The van der Waals surface area contributed by atoms with Crippen molar-refractivity contribution in [1.82, 2.24) is 10.0 Å². The second-order valence-corrected chi connectivity index (χ2v) is 10.3. The maximum absolute atomic E-state index is 12.7. The number of halogens is 1. The lowest BCUT2D eigenvalue weighted by Crippen LogP contribution is -2.41. The van der Waals surface area contributed by atoms with E-state index >= 15 is 0 Å². The van der Waals surface area contributed by atoms with Gasteiger partial charge in [-0.3, -0.25) is 4.79 Å². The summed E-state index contributed by atoms with van der Waals surface area (Å²) in [4.78, 5) is 23.1.